The summed E-state index contributed by atoms with van der Waals surface area (Å²) in [5, 5.41) is 3.67. The van der Waals surface area contributed by atoms with Crippen molar-refractivity contribution in [3.8, 4) is 11.1 Å². The number of hydrogen-bond donors (Lipinski definition) is 2. The molecule has 5 heterocycles. The van der Waals surface area contributed by atoms with E-state index in [0.717, 1.165) is 59.6 Å². The Morgan fingerprint density at radius 3 is 2.34 bits per heavy atom. The van der Waals surface area contributed by atoms with E-state index in [1.54, 1.807) is 18.2 Å². The number of likely N-dealkylation sites (tertiary alicyclic amines) is 2. The third-order valence-electron chi connectivity index (χ3n) is 13.1. The predicted molar refractivity (Wildman–Crippen MR) is 255 cm³/mol. The van der Waals surface area contributed by atoms with Crippen molar-refractivity contribution < 1.29 is 40.5 Å². The Balaban J connectivity index is 0.894. The maximum atomic E-state index is 14.5. The second-order valence-electron chi connectivity index (χ2n) is 17.7. The topological polar surface area (TPSA) is 137 Å². The van der Waals surface area contributed by atoms with Crippen LogP contribution in [-0.4, -0.2) is 116 Å². The highest BCUT2D eigenvalue weighted by Crippen LogP contribution is 2.38. The van der Waals surface area contributed by atoms with Crippen LogP contribution in [-0.2, 0) is 44.1 Å². The van der Waals surface area contributed by atoms with Crippen LogP contribution in [0.5, 0.6) is 0 Å². The van der Waals surface area contributed by atoms with E-state index in [0.29, 0.717) is 80.1 Å². The molecule has 12 nitrogen and oxygen atoms in total. The number of aromatic nitrogens is 2. The zero-order valence-corrected chi connectivity index (χ0v) is 40.2. The van der Waals surface area contributed by atoms with Crippen molar-refractivity contribution >= 4 is 54.7 Å². The van der Waals surface area contributed by atoms with Gasteiger partial charge >= 0.3 is 5.51 Å². The number of morpholine rings is 1. The standard InChI is InChI=1S/C48H52ClF4N7O5S3/c49-34-8-6-32(7-9-34)42-14-10-35(50)24-33(42)26-58-21-17-37(18-22-58)60-23-19-43-45(29-60)54-31-55-47(43)57-68(63,64)41-13-15-44(46(25-41)67(61,62)48(51,52)53)56-36(30-66-40-4-2-1-3-5-40)16-20-59-27-38-11-12-39(28-59)65-38/h1-10,13-15,24-25,31,36-39,56H,11-12,16-23,26-30H2,(H,54,55,57)/t36-,38?,39?/m1/s1/i37D. The van der Waals surface area contributed by atoms with E-state index in [-0.39, 0.29) is 42.5 Å². The van der Waals surface area contributed by atoms with Crippen molar-refractivity contribution in [2.45, 2.75) is 96.1 Å². The summed E-state index contributed by atoms with van der Waals surface area (Å²) in [5.74, 6) is -0.0420. The highest BCUT2D eigenvalue weighted by Gasteiger charge is 2.48. The lowest BCUT2D eigenvalue weighted by atomic mass is 9.96. The molecule has 5 aromatic rings. The lowest BCUT2D eigenvalue weighted by Gasteiger charge is -2.40. The summed E-state index contributed by atoms with van der Waals surface area (Å²) >= 11 is 7.58. The number of nitrogens with one attached hydrogen (secondary N) is 2. The highest BCUT2D eigenvalue weighted by atomic mass is 35.5. The van der Waals surface area contributed by atoms with Crippen molar-refractivity contribution in [1.82, 2.24) is 24.7 Å². The van der Waals surface area contributed by atoms with Gasteiger partial charge in [-0.2, -0.15) is 13.2 Å². The fourth-order valence-corrected chi connectivity index (χ4v) is 12.7. The summed E-state index contributed by atoms with van der Waals surface area (Å²) in [5.41, 5.74) is -2.50. The molecule has 2 N–H and O–H groups in total. The van der Waals surface area contributed by atoms with Crippen LogP contribution < -0.4 is 10.0 Å². The van der Waals surface area contributed by atoms with E-state index in [4.69, 9.17) is 16.3 Å². The van der Waals surface area contributed by atoms with Crippen molar-refractivity contribution in [1.29, 1.82) is 0 Å². The van der Waals surface area contributed by atoms with Gasteiger partial charge in [0.1, 0.15) is 22.9 Å². The average molecular weight is 1020 g/mol. The largest absolute Gasteiger partial charge is 0.501 e. The van der Waals surface area contributed by atoms with Crippen LogP contribution in [0, 0.1) is 5.82 Å². The molecule has 0 saturated carbocycles. The number of thioether (sulfide) groups is 1. The number of nitrogens with zero attached hydrogens (tertiary/aromatic N) is 5. The molecule has 0 radical (unpaired) electrons. The van der Waals surface area contributed by atoms with Gasteiger partial charge in [-0.15, -0.1) is 11.8 Å². The average Bonchev–Trinajstić information content (AvgIpc) is 3.67. The molecule has 4 aliphatic heterocycles. The summed E-state index contributed by atoms with van der Waals surface area (Å²) in [6, 6.07) is 22.8. The minimum atomic E-state index is -6.05. The molecule has 3 saturated heterocycles. The van der Waals surface area contributed by atoms with Gasteiger partial charge in [-0.1, -0.05) is 48.0 Å². The van der Waals surface area contributed by atoms with Crippen molar-refractivity contribution in [2.24, 2.45) is 0 Å². The quantitative estimate of drug-likeness (QED) is 0.0722. The van der Waals surface area contributed by atoms with Gasteiger partial charge in [0.2, 0.25) is 0 Å². The molecule has 4 aromatic carbocycles. The molecule has 3 atom stereocenters. The zero-order chi connectivity index (χ0) is 48.6. The smallest absolute Gasteiger partial charge is 0.380 e. The number of hydrogen-bond acceptors (Lipinski definition) is 12. The van der Waals surface area contributed by atoms with E-state index >= 15 is 0 Å². The molecule has 0 aliphatic carbocycles. The Hall–Kier alpha value is -4.34. The van der Waals surface area contributed by atoms with E-state index in [1.165, 1.54) is 30.2 Å². The van der Waals surface area contributed by atoms with Gasteiger partial charge < -0.3 is 10.1 Å². The van der Waals surface area contributed by atoms with E-state index in [2.05, 4.69) is 29.8 Å². The Kier molecular flexibility index (Phi) is 14.3. The molecular weight excluding hydrogens is 962 g/mol. The molecule has 68 heavy (non-hydrogen) atoms. The number of piperidine rings is 1. The lowest BCUT2D eigenvalue weighted by Crippen LogP contribution is -2.46. The van der Waals surface area contributed by atoms with Crippen LogP contribution in [0.2, 0.25) is 5.02 Å². The zero-order valence-electron chi connectivity index (χ0n) is 38.0. The summed E-state index contributed by atoms with van der Waals surface area (Å²) < 4.78 is 130. The molecule has 1 aromatic heterocycles. The van der Waals surface area contributed by atoms with Gasteiger partial charge in [0, 0.05) is 73.9 Å². The maximum absolute atomic E-state index is 14.5. The SMILES string of the molecule is [2H]C1(N2CCc3c(ncnc3NS(=O)(=O)c3ccc(N[C@H](CCN4CC5CCC(C4)O5)CSc4ccccc4)c(S(=O)(=O)C(F)(F)F)c3)C2)CCN(Cc2cc(F)ccc2-c2ccc(Cl)cc2)CC1. The molecule has 0 amide bonds. The van der Waals surface area contributed by atoms with Crippen LogP contribution in [0.1, 0.15) is 50.3 Å². The maximum Gasteiger partial charge on any atom is 0.501 e. The number of halogens is 5. The molecule has 9 rings (SSSR count). The number of anilines is 2. The molecule has 20 heteroatoms. The minimum Gasteiger partial charge on any atom is -0.380 e. The number of alkyl halides is 3. The van der Waals surface area contributed by atoms with Crippen molar-refractivity contribution in [2.75, 3.05) is 55.1 Å². The Morgan fingerprint density at radius 2 is 1.62 bits per heavy atom. The van der Waals surface area contributed by atoms with Crippen LogP contribution in [0.4, 0.5) is 29.1 Å². The Labute approximate surface area is 405 Å². The van der Waals surface area contributed by atoms with E-state index < -0.39 is 47.2 Å². The monoisotopic (exact) mass is 1010 g/mol. The molecule has 362 valence electrons. The number of sulfone groups is 1. The minimum absolute atomic E-state index is 0.0861. The van der Waals surface area contributed by atoms with Gasteiger partial charge in [-0.25, -0.2) is 31.2 Å². The number of benzene rings is 4. The second-order valence-corrected chi connectivity index (χ2v) is 22.8. The fourth-order valence-electron chi connectivity index (χ4n) is 9.52. The number of ether oxygens (including phenoxy) is 1. The van der Waals surface area contributed by atoms with Gasteiger partial charge in [0.25, 0.3) is 19.9 Å². The first-order valence-electron chi connectivity index (χ1n) is 23.1. The number of sulfonamides is 1. The van der Waals surface area contributed by atoms with Crippen LogP contribution in [0.15, 0.2) is 112 Å². The van der Waals surface area contributed by atoms with Gasteiger partial charge in [-0.05, 0) is 123 Å². The normalized spacial score (nSPS) is 20.9. The first-order valence-corrected chi connectivity index (χ1v) is 26.9. The van der Waals surface area contributed by atoms with Gasteiger partial charge in [0.05, 0.1) is 28.5 Å². The molecule has 0 spiro atoms. The van der Waals surface area contributed by atoms with Crippen molar-refractivity contribution in [3.63, 3.8) is 0 Å². The first-order chi connectivity index (χ1) is 32.9. The summed E-state index contributed by atoms with van der Waals surface area (Å²) in [6.45, 7) is 4.26. The molecular formula is C48H52ClF4N7O5S3. The van der Waals surface area contributed by atoms with Crippen LogP contribution >= 0.6 is 23.4 Å². The molecule has 4 aliphatic rings. The van der Waals surface area contributed by atoms with Crippen molar-refractivity contribution in [3.05, 3.63) is 125 Å². The second kappa shape index (κ2) is 20.6. The van der Waals surface area contributed by atoms with Crippen LogP contribution in [0.25, 0.3) is 11.1 Å². The third-order valence-corrected chi connectivity index (χ3v) is 17.3. The molecule has 2 unspecified atom stereocenters. The van der Waals surface area contributed by atoms with E-state index in [9.17, 15) is 35.8 Å². The lowest BCUT2D eigenvalue weighted by molar-refractivity contribution is -0.0436. The molecule has 3 fully saturated rings. The highest BCUT2D eigenvalue weighted by molar-refractivity contribution is 7.99. The predicted octanol–water partition coefficient (Wildman–Crippen LogP) is 8.88. The van der Waals surface area contributed by atoms with Crippen LogP contribution in [0.3, 0.4) is 0 Å². The van der Waals surface area contributed by atoms with Gasteiger partial charge in [0.15, 0.2) is 0 Å². The Bertz CT molecular complexity index is 2850. The summed E-state index contributed by atoms with van der Waals surface area (Å²) in [7, 11) is -10.8. The number of rotatable bonds is 16. The fraction of sp³-hybridized carbons (Fsp3) is 0.417. The van der Waals surface area contributed by atoms with Gasteiger partial charge in [-0.3, -0.25) is 19.4 Å². The number of fused-ring (bicyclic) bond motifs is 3. The third kappa shape index (κ3) is 11.3. The summed E-state index contributed by atoms with van der Waals surface area (Å²) in [4.78, 5) is 14.1. The van der Waals surface area contributed by atoms with E-state index in [1.807, 2.05) is 47.4 Å². The first kappa shape index (κ1) is 47.3. The Morgan fingerprint density at radius 1 is 0.882 bits per heavy atom. The summed E-state index contributed by atoms with van der Waals surface area (Å²) in [6.07, 6.45) is 5.06. The molecule has 2 bridgehead atoms.